The molecule has 3 heterocycles. The van der Waals surface area contributed by atoms with Crippen LogP contribution in [0.25, 0.3) is 0 Å². The lowest BCUT2D eigenvalue weighted by atomic mass is 9.85. The Morgan fingerprint density at radius 1 is 1.33 bits per heavy atom. The highest BCUT2D eigenvalue weighted by atomic mass is 32.1. The molecule has 1 aliphatic carbocycles. The maximum atomic E-state index is 4.76. The first kappa shape index (κ1) is 10.6. The third kappa shape index (κ3) is 1.57. The van der Waals surface area contributed by atoms with Gasteiger partial charge in [-0.3, -0.25) is 0 Å². The number of hydrogen-bond donors (Lipinski definition) is 1. The zero-order chi connectivity index (χ0) is 11.9. The highest BCUT2D eigenvalue weighted by Gasteiger charge is 2.29. The van der Waals surface area contributed by atoms with E-state index in [-0.39, 0.29) is 0 Å². The van der Waals surface area contributed by atoms with Crippen LogP contribution in [0, 0.1) is 0 Å². The Morgan fingerprint density at radius 2 is 2.28 bits per heavy atom. The molecule has 1 N–H and O–H groups in total. The summed E-state index contributed by atoms with van der Waals surface area (Å²) in [5, 5.41) is 12.5. The first-order valence-electron chi connectivity index (χ1n) is 6.64. The van der Waals surface area contributed by atoms with E-state index in [2.05, 4.69) is 31.8 Å². The molecule has 1 atom stereocenters. The van der Waals surface area contributed by atoms with E-state index < -0.39 is 0 Å². The summed E-state index contributed by atoms with van der Waals surface area (Å²) in [5.74, 6) is 2.61. The van der Waals surface area contributed by atoms with Gasteiger partial charge in [-0.25, -0.2) is 4.68 Å². The fourth-order valence-corrected chi connectivity index (χ4v) is 3.44. The topological polar surface area (TPSA) is 42.7 Å². The summed E-state index contributed by atoms with van der Waals surface area (Å²) in [6, 6.07) is 2.57. The van der Waals surface area contributed by atoms with E-state index in [0.29, 0.717) is 12.0 Å². The molecular weight excluding hydrogens is 244 g/mol. The minimum atomic E-state index is 0.369. The Bertz CT molecular complexity index is 541. The minimum Gasteiger partial charge on any atom is -0.354 e. The number of nitrogens with one attached hydrogen (secondary N) is 1. The SMILES string of the molecule is c1cc(C2CCNc3nc(C4CCC4)nn32)cs1. The van der Waals surface area contributed by atoms with Gasteiger partial charge in [-0.05, 0) is 41.7 Å². The minimum absolute atomic E-state index is 0.369. The van der Waals surface area contributed by atoms with Crippen LogP contribution in [-0.2, 0) is 0 Å². The van der Waals surface area contributed by atoms with Crippen molar-refractivity contribution < 1.29 is 0 Å². The van der Waals surface area contributed by atoms with Crippen LogP contribution in [0.1, 0.15) is 49.0 Å². The molecule has 1 aliphatic heterocycles. The van der Waals surface area contributed by atoms with Crippen LogP contribution in [0.15, 0.2) is 16.8 Å². The molecule has 0 aromatic carbocycles. The number of fused-ring (bicyclic) bond motifs is 1. The summed E-state index contributed by atoms with van der Waals surface area (Å²) < 4.78 is 2.10. The Labute approximate surface area is 110 Å². The molecule has 0 saturated heterocycles. The molecular formula is C13H16N4S. The molecule has 0 amide bonds. The Morgan fingerprint density at radius 3 is 3.00 bits per heavy atom. The average molecular weight is 260 g/mol. The molecule has 1 saturated carbocycles. The van der Waals surface area contributed by atoms with Gasteiger partial charge in [0.05, 0.1) is 6.04 Å². The van der Waals surface area contributed by atoms with Crippen molar-refractivity contribution in [1.29, 1.82) is 0 Å². The van der Waals surface area contributed by atoms with Crippen LogP contribution in [0.5, 0.6) is 0 Å². The van der Waals surface area contributed by atoms with Gasteiger partial charge in [0.25, 0.3) is 0 Å². The van der Waals surface area contributed by atoms with Crippen LogP contribution in [0.3, 0.4) is 0 Å². The molecule has 0 radical (unpaired) electrons. The summed E-state index contributed by atoms with van der Waals surface area (Å²) in [6.07, 6.45) is 4.94. The van der Waals surface area contributed by atoms with Crippen molar-refractivity contribution in [2.75, 3.05) is 11.9 Å². The highest BCUT2D eigenvalue weighted by Crippen LogP contribution is 2.37. The van der Waals surface area contributed by atoms with Crippen molar-refractivity contribution in [3.8, 4) is 0 Å². The summed E-state index contributed by atoms with van der Waals surface area (Å²) in [4.78, 5) is 4.68. The average Bonchev–Trinajstić information content (AvgIpc) is 2.94. The van der Waals surface area contributed by atoms with Crippen molar-refractivity contribution in [1.82, 2.24) is 14.8 Å². The second kappa shape index (κ2) is 4.09. The molecule has 18 heavy (non-hydrogen) atoms. The molecule has 4 nitrogen and oxygen atoms in total. The second-order valence-corrected chi connectivity index (χ2v) is 5.93. The smallest absolute Gasteiger partial charge is 0.221 e. The molecule has 0 bridgehead atoms. The monoisotopic (exact) mass is 260 g/mol. The van der Waals surface area contributed by atoms with Gasteiger partial charge in [0, 0.05) is 12.5 Å². The molecule has 2 aromatic rings. The standard InChI is InChI=1S/C13H16N4S/c1-2-9(3-1)12-15-13-14-6-4-11(17(13)16-12)10-5-7-18-8-10/h5,7-9,11H,1-4,6H2,(H,14,15,16). The van der Waals surface area contributed by atoms with E-state index in [4.69, 9.17) is 5.10 Å². The van der Waals surface area contributed by atoms with Crippen LogP contribution >= 0.6 is 11.3 Å². The Balaban J connectivity index is 1.72. The first-order chi connectivity index (χ1) is 8.92. The molecule has 2 aromatic heterocycles. The molecule has 5 heteroatoms. The fourth-order valence-electron chi connectivity index (χ4n) is 2.73. The molecule has 2 aliphatic rings. The van der Waals surface area contributed by atoms with Gasteiger partial charge in [-0.1, -0.05) is 6.42 Å². The number of anilines is 1. The van der Waals surface area contributed by atoms with E-state index in [9.17, 15) is 0 Å². The van der Waals surface area contributed by atoms with Gasteiger partial charge >= 0.3 is 0 Å². The van der Waals surface area contributed by atoms with Gasteiger partial charge in [-0.15, -0.1) is 0 Å². The Hall–Kier alpha value is -1.36. The summed E-state index contributed by atoms with van der Waals surface area (Å²) in [5.41, 5.74) is 1.37. The predicted molar refractivity (Wildman–Crippen MR) is 72.2 cm³/mol. The van der Waals surface area contributed by atoms with Gasteiger partial charge < -0.3 is 5.32 Å². The molecule has 0 spiro atoms. The van der Waals surface area contributed by atoms with E-state index >= 15 is 0 Å². The van der Waals surface area contributed by atoms with Gasteiger partial charge in [0.1, 0.15) is 0 Å². The number of nitrogens with zero attached hydrogens (tertiary/aromatic N) is 3. The van der Waals surface area contributed by atoms with Crippen molar-refractivity contribution >= 4 is 17.3 Å². The number of thiophene rings is 1. The summed E-state index contributed by atoms with van der Waals surface area (Å²) in [6.45, 7) is 0.989. The van der Waals surface area contributed by atoms with Crippen molar-refractivity contribution in [2.45, 2.75) is 37.6 Å². The van der Waals surface area contributed by atoms with Crippen molar-refractivity contribution in [3.05, 3.63) is 28.2 Å². The normalized spacial score (nSPS) is 23.2. The summed E-state index contributed by atoms with van der Waals surface area (Å²) in [7, 11) is 0. The summed E-state index contributed by atoms with van der Waals surface area (Å²) >= 11 is 1.75. The van der Waals surface area contributed by atoms with E-state index in [1.54, 1.807) is 11.3 Å². The van der Waals surface area contributed by atoms with E-state index in [1.165, 1.54) is 24.8 Å². The molecule has 4 rings (SSSR count). The predicted octanol–water partition coefficient (Wildman–Crippen LogP) is 3.01. The molecule has 1 fully saturated rings. The zero-order valence-electron chi connectivity index (χ0n) is 10.2. The van der Waals surface area contributed by atoms with Crippen LogP contribution < -0.4 is 5.32 Å². The first-order valence-corrected chi connectivity index (χ1v) is 7.58. The van der Waals surface area contributed by atoms with E-state index in [1.807, 2.05) is 0 Å². The maximum absolute atomic E-state index is 4.76. The maximum Gasteiger partial charge on any atom is 0.221 e. The van der Waals surface area contributed by atoms with Gasteiger partial charge in [0.15, 0.2) is 5.82 Å². The fraction of sp³-hybridized carbons (Fsp3) is 0.538. The Kier molecular flexibility index (Phi) is 2.40. The quantitative estimate of drug-likeness (QED) is 0.902. The number of hydrogen-bond acceptors (Lipinski definition) is 4. The number of rotatable bonds is 2. The molecule has 1 unspecified atom stereocenters. The van der Waals surface area contributed by atoms with Crippen molar-refractivity contribution in [2.24, 2.45) is 0 Å². The third-order valence-electron chi connectivity index (χ3n) is 4.04. The van der Waals surface area contributed by atoms with Crippen LogP contribution in [0.2, 0.25) is 0 Å². The van der Waals surface area contributed by atoms with Gasteiger partial charge in [0.2, 0.25) is 5.95 Å². The highest BCUT2D eigenvalue weighted by molar-refractivity contribution is 7.07. The van der Waals surface area contributed by atoms with Gasteiger partial charge in [-0.2, -0.15) is 21.4 Å². The molecule has 94 valence electrons. The van der Waals surface area contributed by atoms with Crippen LogP contribution in [-0.4, -0.2) is 21.3 Å². The largest absolute Gasteiger partial charge is 0.354 e. The lowest BCUT2D eigenvalue weighted by molar-refractivity contribution is 0.394. The zero-order valence-corrected chi connectivity index (χ0v) is 11.0. The van der Waals surface area contributed by atoms with Crippen LogP contribution in [0.4, 0.5) is 5.95 Å². The van der Waals surface area contributed by atoms with E-state index in [0.717, 1.165) is 24.7 Å². The van der Waals surface area contributed by atoms with Crippen molar-refractivity contribution in [3.63, 3.8) is 0 Å². The lowest BCUT2D eigenvalue weighted by Crippen LogP contribution is -2.24. The lowest BCUT2D eigenvalue weighted by Gasteiger charge is -2.24. The number of aromatic nitrogens is 3. The second-order valence-electron chi connectivity index (χ2n) is 5.15. The third-order valence-corrected chi connectivity index (χ3v) is 4.74.